The van der Waals surface area contributed by atoms with E-state index in [4.69, 9.17) is 9.84 Å². The third kappa shape index (κ3) is 2.37. The van der Waals surface area contributed by atoms with E-state index in [1.165, 1.54) is 29.7 Å². The molecule has 3 heteroatoms. The first-order valence-corrected chi connectivity index (χ1v) is 9.45. The molecule has 1 spiro atoms. The van der Waals surface area contributed by atoms with Crippen LogP contribution in [0.2, 0.25) is 0 Å². The Labute approximate surface area is 149 Å². The molecule has 3 atom stereocenters. The van der Waals surface area contributed by atoms with Crippen molar-refractivity contribution >= 4 is 5.71 Å². The normalized spacial score (nSPS) is 30.4. The van der Waals surface area contributed by atoms with E-state index in [0.29, 0.717) is 12.0 Å². The number of benzene rings is 2. The number of rotatable bonds is 1. The van der Waals surface area contributed by atoms with Crippen molar-refractivity contribution in [2.45, 2.75) is 50.8 Å². The molecule has 2 aliphatic heterocycles. The van der Waals surface area contributed by atoms with Crippen LogP contribution in [0.4, 0.5) is 0 Å². The van der Waals surface area contributed by atoms with Crippen molar-refractivity contribution in [3.05, 3.63) is 65.7 Å². The molecule has 1 saturated carbocycles. The molecule has 2 aromatic rings. The molecule has 5 rings (SSSR count). The van der Waals surface area contributed by atoms with Crippen LogP contribution in [0.5, 0.6) is 5.75 Å². The standard InChI is InChI=1S/C22H24N2O/c1-16-8-7-13-22(15-16)24-20(18-11-5-6-12-21(18)25-22)14-19(23-24)17-9-3-2-4-10-17/h2-6,9-12,16,20H,7-8,13-15H2,1H3/t16-,20-,22-/m1/s1. The Balaban J connectivity index is 1.61. The fourth-order valence-electron chi connectivity index (χ4n) is 4.81. The second-order valence-electron chi connectivity index (χ2n) is 7.76. The van der Waals surface area contributed by atoms with Crippen molar-refractivity contribution in [2.24, 2.45) is 11.0 Å². The first-order chi connectivity index (χ1) is 12.3. The molecule has 3 aliphatic rings. The highest BCUT2D eigenvalue weighted by atomic mass is 16.5. The topological polar surface area (TPSA) is 24.8 Å². The molecule has 2 aromatic carbocycles. The Kier molecular flexibility index (Phi) is 3.37. The number of hydrogen-bond donors (Lipinski definition) is 0. The molecular formula is C22H24N2O. The second-order valence-corrected chi connectivity index (χ2v) is 7.76. The van der Waals surface area contributed by atoms with Crippen molar-refractivity contribution in [1.29, 1.82) is 0 Å². The highest BCUT2D eigenvalue weighted by Crippen LogP contribution is 2.51. The van der Waals surface area contributed by atoms with Crippen LogP contribution < -0.4 is 4.74 Å². The van der Waals surface area contributed by atoms with Crippen LogP contribution in [0.3, 0.4) is 0 Å². The lowest BCUT2D eigenvalue weighted by atomic mass is 9.81. The van der Waals surface area contributed by atoms with Gasteiger partial charge in [0.05, 0.1) is 11.8 Å². The molecule has 1 aliphatic carbocycles. The van der Waals surface area contributed by atoms with E-state index in [1.54, 1.807) is 0 Å². The van der Waals surface area contributed by atoms with Gasteiger partial charge in [-0.1, -0.05) is 61.9 Å². The van der Waals surface area contributed by atoms with Crippen LogP contribution in [-0.2, 0) is 0 Å². The van der Waals surface area contributed by atoms with Crippen molar-refractivity contribution in [1.82, 2.24) is 5.01 Å². The zero-order chi connectivity index (χ0) is 16.9. The summed E-state index contributed by atoms with van der Waals surface area (Å²) in [6, 6.07) is 19.4. The smallest absolute Gasteiger partial charge is 0.198 e. The maximum atomic E-state index is 6.65. The van der Waals surface area contributed by atoms with Gasteiger partial charge in [-0.3, -0.25) is 0 Å². The first kappa shape index (κ1) is 15.0. The molecule has 0 unspecified atom stereocenters. The molecule has 0 bridgehead atoms. The van der Waals surface area contributed by atoms with Crippen LogP contribution in [0, 0.1) is 5.92 Å². The van der Waals surface area contributed by atoms with Crippen LogP contribution in [-0.4, -0.2) is 16.4 Å². The average Bonchev–Trinajstić information content (AvgIpc) is 3.09. The van der Waals surface area contributed by atoms with Gasteiger partial charge < -0.3 is 4.74 Å². The Bertz CT molecular complexity index is 816. The van der Waals surface area contributed by atoms with Gasteiger partial charge in [-0.15, -0.1) is 0 Å². The van der Waals surface area contributed by atoms with E-state index in [1.807, 2.05) is 0 Å². The number of hydrogen-bond acceptors (Lipinski definition) is 3. The molecule has 0 saturated heterocycles. The quantitative estimate of drug-likeness (QED) is 0.722. The maximum absolute atomic E-state index is 6.65. The molecule has 0 N–H and O–H groups in total. The van der Waals surface area contributed by atoms with Gasteiger partial charge in [-0.05, 0) is 24.0 Å². The molecule has 3 nitrogen and oxygen atoms in total. The molecule has 2 heterocycles. The summed E-state index contributed by atoms with van der Waals surface area (Å²) in [6.07, 6.45) is 5.58. The summed E-state index contributed by atoms with van der Waals surface area (Å²) in [6.45, 7) is 2.34. The number of fused-ring (bicyclic) bond motifs is 4. The number of hydrazone groups is 1. The van der Waals surface area contributed by atoms with Crippen LogP contribution in [0.1, 0.15) is 56.2 Å². The second kappa shape index (κ2) is 5.62. The third-order valence-electron chi connectivity index (χ3n) is 5.94. The molecule has 0 amide bonds. The summed E-state index contributed by atoms with van der Waals surface area (Å²) in [7, 11) is 0. The molecule has 0 radical (unpaired) electrons. The predicted molar refractivity (Wildman–Crippen MR) is 99.6 cm³/mol. The van der Waals surface area contributed by atoms with E-state index in [-0.39, 0.29) is 5.72 Å². The van der Waals surface area contributed by atoms with E-state index < -0.39 is 0 Å². The molecule has 25 heavy (non-hydrogen) atoms. The van der Waals surface area contributed by atoms with E-state index in [9.17, 15) is 0 Å². The fourth-order valence-corrected chi connectivity index (χ4v) is 4.81. The summed E-state index contributed by atoms with van der Waals surface area (Å²) >= 11 is 0. The Morgan fingerprint density at radius 3 is 2.72 bits per heavy atom. The molecule has 0 aromatic heterocycles. The van der Waals surface area contributed by atoms with Crippen molar-refractivity contribution < 1.29 is 4.74 Å². The highest BCUT2D eigenvalue weighted by Gasteiger charge is 2.51. The van der Waals surface area contributed by atoms with Gasteiger partial charge in [0.1, 0.15) is 5.75 Å². The summed E-state index contributed by atoms with van der Waals surface area (Å²) < 4.78 is 6.65. The van der Waals surface area contributed by atoms with E-state index >= 15 is 0 Å². The number of para-hydroxylation sites is 1. The lowest BCUT2D eigenvalue weighted by Gasteiger charge is -2.50. The number of nitrogens with zero attached hydrogens (tertiary/aromatic N) is 2. The van der Waals surface area contributed by atoms with Crippen molar-refractivity contribution in [3.63, 3.8) is 0 Å². The minimum Gasteiger partial charge on any atom is -0.466 e. The van der Waals surface area contributed by atoms with Gasteiger partial charge in [0, 0.05) is 24.8 Å². The zero-order valence-corrected chi connectivity index (χ0v) is 14.7. The lowest BCUT2D eigenvalue weighted by Crippen LogP contribution is -2.55. The summed E-state index contributed by atoms with van der Waals surface area (Å²) in [5, 5.41) is 7.43. The molecular weight excluding hydrogens is 308 g/mol. The van der Waals surface area contributed by atoms with Gasteiger partial charge in [-0.2, -0.15) is 5.10 Å². The summed E-state index contributed by atoms with van der Waals surface area (Å²) in [5.41, 5.74) is 3.42. The average molecular weight is 332 g/mol. The molecule has 128 valence electrons. The predicted octanol–water partition coefficient (Wildman–Crippen LogP) is 5.14. The Morgan fingerprint density at radius 2 is 1.88 bits per heavy atom. The van der Waals surface area contributed by atoms with Crippen LogP contribution in [0.15, 0.2) is 59.7 Å². The SMILES string of the molecule is C[C@@H]1CCC[C@]2(C1)Oc1ccccc1[C@H]1CC(c3ccccc3)=NN12. The highest BCUT2D eigenvalue weighted by molar-refractivity contribution is 6.01. The van der Waals surface area contributed by atoms with Gasteiger partial charge in [0.2, 0.25) is 0 Å². The fraction of sp³-hybridized carbons (Fsp3) is 0.409. The lowest BCUT2D eigenvalue weighted by molar-refractivity contribution is -0.149. The Morgan fingerprint density at radius 1 is 1.08 bits per heavy atom. The van der Waals surface area contributed by atoms with Gasteiger partial charge in [0.25, 0.3) is 0 Å². The minimum atomic E-state index is -0.271. The van der Waals surface area contributed by atoms with Crippen molar-refractivity contribution in [3.8, 4) is 5.75 Å². The maximum Gasteiger partial charge on any atom is 0.198 e. The van der Waals surface area contributed by atoms with Gasteiger partial charge in [-0.25, -0.2) is 5.01 Å². The summed E-state index contributed by atoms with van der Waals surface area (Å²) in [5.74, 6) is 1.73. The summed E-state index contributed by atoms with van der Waals surface area (Å²) in [4.78, 5) is 0. The largest absolute Gasteiger partial charge is 0.466 e. The Hall–Kier alpha value is -2.29. The van der Waals surface area contributed by atoms with Crippen LogP contribution in [0.25, 0.3) is 0 Å². The van der Waals surface area contributed by atoms with Crippen LogP contribution >= 0.6 is 0 Å². The minimum absolute atomic E-state index is 0.271. The van der Waals surface area contributed by atoms with Crippen molar-refractivity contribution in [2.75, 3.05) is 0 Å². The van der Waals surface area contributed by atoms with Gasteiger partial charge >= 0.3 is 0 Å². The first-order valence-electron chi connectivity index (χ1n) is 9.45. The zero-order valence-electron chi connectivity index (χ0n) is 14.7. The molecule has 1 fully saturated rings. The monoisotopic (exact) mass is 332 g/mol. The number of ether oxygens (including phenoxy) is 1. The van der Waals surface area contributed by atoms with E-state index in [2.05, 4.69) is 66.5 Å². The van der Waals surface area contributed by atoms with Gasteiger partial charge in [0.15, 0.2) is 5.72 Å². The third-order valence-corrected chi connectivity index (χ3v) is 5.94. The van der Waals surface area contributed by atoms with E-state index in [0.717, 1.165) is 25.0 Å².